The van der Waals surface area contributed by atoms with Gasteiger partial charge in [0.1, 0.15) is 5.76 Å². The zero-order valence-corrected chi connectivity index (χ0v) is 12.7. The highest BCUT2D eigenvalue weighted by atomic mass is 16.5. The molecular formula is C15H20N4O2. The summed E-state index contributed by atoms with van der Waals surface area (Å²) in [7, 11) is 0. The van der Waals surface area contributed by atoms with Crippen molar-refractivity contribution in [2.24, 2.45) is 0 Å². The molecule has 0 N–H and O–H groups in total. The molecule has 1 aliphatic rings. The van der Waals surface area contributed by atoms with Crippen LogP contribution in [0.1, 0.15) is 40.5 Å². The normalized spacial score (nSPS) is 18.4. The molecule has 2 aromatic heterocycles. The zero-order valence-electron chi connectivity index (χ0n) is 12.7. The SMILES string of the molecule is Cc1cc(C)n(C[C@H]2CCCN2C(=O)c2cc(C)on2)n1. The fourth-order valence-corrected chi connectivity index (χ4v) is 2.97. The van der Waals surface area contributed by atoms with Crippen molar-refractivity contribution in [2.75, 3.05) is 6.54 Å². The van der Waals surface area contributed by atoms with Gasteiger partial charge in [0, 0.05) is 18.3 Å². The van der Waals surface area contributed by atoms with Gasteiger partial charge in [-0.05, 0) is 39.7 Å². The first-order valence-corrected chi connectivity index (χ1v) is 7.30. The fraction of sp³-hybridized carbons (Fsp3) is 0.533. The molecule has 6 nitrogen and oxygen atoms in total. The van der Waals surface area contributed by atoms with Crippen molar-refractivity contribution in [3.05, 3.63) is 35.0 Å². The highest BCUT2D eigenvalue weighted by molar-refractivity contribution is 5.92. The van der Waals surface area contributed by atoms with Crippen LogP contribution in [0.25, 0.3) is 0 Å². The first-order valence-electron chi connectivity index (χ1n) is 7.30. The molecule has 3 heterocycles. The standard InChI is InChI=1S/C15H20N4O2/c1-10-7-11(2)19(16-10)9-13-5-4-6-18(13)15(20)14-8-12(3)21-17-14/h7-8,13H,4-6,9H2,1-3H3/t13-/m1/s1. The molecule has 0 spiro atoms. The van der Waals surface area contributed by atoms with Crippen LogP contribution in [0.5, 0.6) is 0 Å². The average molecular weight is 288 g/mol. The highest BCUT2D eigenvalue weighted by Gasteiger charge is 2.31. The minimum absolute atomic E-state index is 0.0455. The summed E-state index contributed by atoms with van der Waals surface area (Å²) in [6, 6.07) is 3.93. The van der Waals surface area contributed by atoms with Gasteiger partial charge in [-0.25, -0.2) is 0 Å². The number of aryl methyl sites for hydroxylation is 3. The molecule has 0 aromatic carbocycles. The third kappa shape index (κ3) is 2.70. The van der Waals surface area contributed by atoms with Crippen LogP contribution in [-0.2, 0) is 6.54 Å². The van der Waals surface area contributed by atoms with Crippen LogP contribution in [0.15, 0.2) is 16.7 Å². The van der Waals surface area contributed by atoms with Crippen LogP contribution in [0.3, 0.4) is 0 Å². The molecule has 112 valence electrons. The van der Waals surface area contributed by atoms with E-state index in [4.69, 9.17) is 4.52 Å². The highest BCUT2D eigenvalue weighted by Crippen LogP contribution is 2.22. The van der Waals surface area contributed by atoms with Crippen LogP contribution >= 0.6 is 0 Å². The maximum Gasteiger partial charge on any atom is 0.276 e. The molecule has 0 saturated carbocycles. The molecule has 1 atom stereocenters. The van der Waals surface area contributed by atoms with Crippen molar-refractivity contribution in [1.82, 2.24) is 19.8 Å². The van der Waals surface area contributed by atoms with E-state index in [-0.39, 0.29) is 11.9 Å². The monoisotopic (exact) mass is 288 g/mol. The van der Waals surface area contributed by atoms with Crippen LogP contribution in [0.4, 0.5) is 0 Å². The van der Waals surface area contributed by atoms with Gasteiger partial charge in [0.15, 0.2) is 5.69 Å². The predicted molar refractivity (Wildman–Crippen MR) is 77.0 cm³/mol. The smallest absolute Gasteiger partial charge is 0.276 e. The molecule has 0 bridgehead atoms. The molecule has 6 heteroatoms. The second-order valence-electron chi connectivity index (χ2n) is 5.73. The van der Waals surface area contributed by atoms with Crippen molar-refractivity contribution < 1.29 is 9.32 Å². The minimum atomic E-state index is -0.0455. The van der Waals surface area contributed by atoms with E-state index in [0.717, 1.165) is 37.3 Å². The number of carbonyl (C=O) groups excluding carboxylic acids is 1. The molecule has 1 amide bonds. The lowest BCUT2D eigenvalue weighted by Gasteiger charge is -2.24. The van der Waals surface area contributed by atoms with Gasteiger partial charge in [-0.1, -0.05) is 5.16 Å². The van der Waals surface area contributed by atoms with E-state index in [1.54, 1.807) is 13.0 Å². The molecule has 1 saturated heterocycles. The molecule has 0 unspecified atom stereocenters. The third-order valence-electron chi connectivity index (χ3n) is 3.97. The number of carbonyl (C=O) groups is 1. The van der Waals surface area contributed by atoms with E-state index in [1.807, 2.05) is 23.4 Å². The first kappa shape index (κ1) is 13.9. The molecular weight excluding hydrogens is 268 g/mol. The van der Waals surface area contributed by atoms with E-state index >= 15 is 0 Å². The summed E-state index contributed by atoms with van der Waals surface area (Å²) in [6.45, 7) is 7.33. The van der Waals surface area contributed by atoms with Crippen molar-refractivity contribution in [1.29, 1.82) is 0 Å². The van der Waals surface area contributed by atoms with Gasteiger partial charge < -0.3 is 9.42 Å². The van der Waals surface area contributed by atoms with E-state index in [9.17, 15) is 4.79 Å². The minimum Gasteiger partial charge on any atom is -0.361 e. The summed E-state index contributed by atoms with van der Waals surface area (Å²) in [6.07, 6.45) is 2.02. The van der Waals surface area contributed by atoms with Crippen molar-refractivity contribution in [3.63, 3.8) is 0 Å². The van der Waals surface area contributed by atoms with Crippen molar-refractivity contribution in [3.8, 4) is 0 Å². The number of aromatic nitrogens is 3. The number of amides is 1. The number of nitrogens with zero attached hydrogens (tertiary/aromatic N) is 4. The molecule has 0 aliphatic carbocycles. The Morgan fingerprint density at radius 2 is 2.19 bits per heavy atom. The third-order valence-corrected chi connectivity index (χ3v) is 3.97. The second-order valence-corrected chi connectivity index (χ2v) is 5.73. The Morgan fingerprint density at radius 3 is 2.81 bits per heavy atom. The quantitative estimate of drug-likeness (QED) is 0.867. The molecule has 1 fully saturated rings. The number of hydrogen-bond donors (Lipinski definition) is 0. The van der Waals surface area contributed by atoms with E-state index in [2.05, 4.69) is 16.3 Å². The number of hydrogen-bond acceptors (Lipinski definition) is 4. The van der Waals surface area contributed by atoms with Gasteiger partial charge >= 0.3 is 0 Å². The number of rotatable bonds is 3. The second kappa shape index (κ2) is 5.35. The van der Waals surface area contributed by atoms with Gasteiger partial charge in [-0.15, -0.1) is 0 Å². The Balaban J connectivity index is 1.76. The van der Waals surface area contributed by atoms with Crippen molar-refractivity contribution in [2.45, 2.75) is 46.2 Å². The van der Waals surface area contributed by atoms with E-state index in [0.29, 0.717) is 11.5 Å². The lowest BCUT2D eigenvalue weighted by molar-refractivity contribution is 0.0710. The Labute approximate surface area is 123 Å². The Morgan fingerprint density at radius 1 is 1.38 bits per heavy atom. The maximum absolute atomic E-state index is 12.5. The fourth-order valence-electron chi connectivity index (χ4n) is 2.97. The summed E-state index contributed by atoms with van der Waals surface area (Å²) in [5.74, 6) is 0.614. The lowest BCUT2D eigenvalue weighted by Crippen LogP contribution is -2.38. The van der Waals surface area contributed by atoms with E-state index < -0.39 is 0 Å². The molecule has 1 aliphatic heterocycles. The first-order chi connectivity index (χ1) is 10.0. The predicted octanol–water partition coefficient (Wildman–Crippen LogP) is 2.10. The Bertz CT molecular complexity index is 658. The Hall–Kier alpha value is -2.11. The van der Waals surface area contributed by atoms with Crippen LogP contribution in [-0.4, -0.2) is 38.3 Å². The van der Waals surface area contributed by atoms with Crippen LogP contribution < -0.4 is 0 Å². The van der Waals surface area contributed by atoms with Gasteiger partial charge in [-0.3, -0.25) is 9.48 Å². The lowest BCUT2D eigenvalue weighted by atomic mass is 10.2. The topological polar surface area (TPSA) is 64.2 Å². The number of likely N-dealkylation sites (tertiary alicyclic amines) is 1. The van der Waals surface area contributed by atoms with Gasteiger partial charge in [0.2, 0.25) is 0 Å². The summed E-state index contributed by atoms with van der Waals surface area (Å²) in [4.78, 5) is 14.4. The summed E-state index contributed by atoms with van der Waals surface area (Å²) < 4.78 is 6.99. The maximum atomic E-state index is 12.5. The van der Waals surface area contributed by atoms with Crippen molar-refractivity contribution >= 4 is 5.91 Å². The van der Waals surface area contributed by atoms with Crippen LogP contribution in [0.2, 0.25) is 0 Å². The average Bonchev–Trinajstić information content (AvgIpc) is 3.12. The summed E-state index contributed by atoms with van der Waals surface area (Å²) in [5, 5.41) is 8.32. The van der Waals surface area contributed by atoms with Gasteiger partial charge in [-0.2, -0.15) is 5.10 Å². The molecule has 21 heavy (non-hydrogen) atoms. The molecule has 3 rings (SSSR count). The van der Waals surface area contributed by atoms with Crippen LogP contribution in [0, 0.1) is 20.8 Å². The van der Waals surface area contributed by atoms with Gasteiger partial charge in [0.05, 0.1) is 18.3 Å². The Kier molecular flexibility index (Phi) is 3.53. The summed E-state index contributed by atoms with van der Waals surface area (Å²) in [5.41, 5.74) is 2.53. The largest absolute Gasteiger partial charge is 0.361 e. The molecule has 0 radical (unpaired) electrons. The van der Waals surface area contributed by atoms with Gasteiger partial charge in [0.25, 0.3) is 5.91 Å². The zero-order chi connectivity index (χ0) is 15.0. The molecule has 2 aromatic rings. The van der Waals surface area contributed by atoms with E-state index in [1.165, 1.54) is 0 Å². The summed E-state index contributed by atoms with van der Waals surface area (Å²) >= 11 is 0.